The molecule has 1 aliphatic rings. The number of nitrogens with zero attached hydrogens (tertiary/aromatic N) is 2. The highest BCUT2D eigenvalue weighted by Gasteiger charge is 2.29. The molecule has 1 N–H and O–H groups in total. The van der Waals surface area contributed by atoms with Gasteiger partial charge in [-0.15, -0.1) is 29.7 Å². The molecule has 0 spiro atoms. The molecule has 0 radical (unpaired) electrons. The maximum absolute atomic E-state index is 12.7. The number of carbonyl (C=O) groups is 3. The fourth-order valence-electron chi connectivity index (χ4n) is 4.23. The number of amides is 2. The molecular formula is C26H28BrN3O4S3. The SMILES string of the molecule is C=CCn1c(=NC(=O)CSCC(=O)Nc2sc3c(c2C(=O)OCC)CCC(C)C3)sc2cc(Br)ccc21. The van der Waals surface area contributed by atoms with Gasteiger partial charge in [0.25, 0.3) is 5.91 Å². The monoisotopic (exact) mass is 621 g/mol. The lowest BCUT2D eigenvalue weighted by molar-refractivity contribution is -0.115. The Morgan fingerprint density at radius 1 is 1.32 bits per heavy atom. The summed E-state index contributed by atoms with van der Waals surface area (Å²) in [7, 11) is 0. The highest BCUT2D eigenvalue weighted by Crippen LogP contribution is 2.40. The third kappa shape index (κ3) is 6.63. The van der Waals surface area contributed by atoms with Crippen LogP contribution in [0.2, 0.25) is 0 Å². The molecule has 0 saturated carbocycles. The molecule has 2 heterocycles. The minimum Gasteiger partial charge on any atom is -0.462 e. The minimum absolute atomic E-state index is 0.0721. The van der Waals surface area contributed by atoms with Crippen LogP contribution in [-0.4, -0.2) is 40.5 Å². The van der Waals surface area contributed by atoms with Gasteiger partial charge in [-0.2, -0.15) is 4.99 Å². The molecule has 1 aromatic carbocycles. The van der Waals surface area contributed by atoms with Crippen molar-refractivity contribution in [1.29, 1.82) is 0 Å². The van der Waals surface area contributed by atoms with Crippen molar-refractivity contribution in [2.24, 2.45) is 10.9 Å². The lowest BCUT2D eigenvalue weighted by Gasteiger charge is -2.18. The molecule has 7 nitrogen and oxygen atoms in total. The Bertz CT molecular complexity index is 1420. The van der Waals surface area contributed by atoms with Crippen LogP contribution in [0.15, 0.2) is 40.3 Å². The Hall–Kier alpha value is -2.21. The van der Waals surface area contributed by atoms with Crippen LogP contribution >= 0.6 is 50.4 Å². The third-order valence-electron chi connectivity index (χ3n) is 5.88. The van der Waals surface area contributed by atoms with Crippen LogP contribution in [0.1, 0.15) is 41.1 Å². The zero-order chi connectivity index (χ0) is 26.5. The number of nitrogens with one attached hydrogen (secondary N) is 1. The normalized spacial score (nSPS) is 15.4. The van der Waals surface area contributed by atoms with Crippen LogP contribution in [0.5, 0.6) is 0 Å². The average Bonchev–Trinajstić information content (AvgIpc) is 3.35. The molecule has 2 aromatic heterocycles. The van der Waals surface area contributed by atoms with E-state index in [1.807, 2.05) is 22.8 Å². The summed E-state index contributed by atoms with van der Waals surface area (Å²) >= 11 is 7.57. The van der Waals surface area contributed by atoms with E-state index in [1.165, 1.54) is 34.4 Å². The van der Waals surface area contributed by atoms with Crippen LogP contribution < -0.4 is 10.1 Å². The van der Waals surface area contributed by atoms with Gasteiger partial charge in [-0.1, -0.05) is 40.3 Å². The van der Waals surface area contributed by atoms with Crippen molar-refractivity contribution in [3.8, 4) is 0 Å². The standard InChI is InChI=1S/C26H28BrN3O4S3/c1-4-10-30-18-9-7-16(27)12-20(18)37-26(30)29-22(32)14-35-13-21(31)28-24-23(25(33)34-5-2)17-8-6-15(3)11-19(17)36-24/h4,7,9,12,15H,1,5-6,8,10-11,13-14H2,2-3H3,(H,28,31). The molecule has 0 saturated heterocycles. The van der Waals surface area contributed by atoms with Gasteiger partial charge in [-0.25, -0.2) is 4.79 Å². The Labute approximate surface area is 236 Å². The molecule has 0 fully saturated rings. The molecule has 1 aliphatic carbocycles. The van der Waals surface area contributed by atoms with Gasteiger partial charge in [0, 0.05) is 15.9 Å². The highest BCUT2D eigenvalue weighted by molar-refractivity contribution is 9.10. The Morgan fingerprint density at radius 2 is 2.14 bits per heavy atom. The molecule has 37 heavy (non-hydrogen) atoms. The largest absolute Gasteiger partial charge is 0.462 e. The van der Waals surface area contributed by atoms with Gasteiger partial charge >= 0.3 is 5.97 Å². The van der Waals surface area contributed by atoms with E-state index in [0.29, 0.717) is 27.8 Å². The lowest BCUT2D eigenvalue weighted by atomic mass is 9.88. The molecule has 3 aromatic rings. The second-order valence-electron chi connectivity index (χ2n) is 8.72. The number of ether oxygens (including phenoxy) is 1. The minimum atomic E-state index is -0.394. The Morgan fingerprint density at radius 3 is 2.89 bits per heavy atom. The zero-order valence-corrected chi connectivity index (χ0v) is 24.7. The first-order valence-corrected chi connectivity index (χ1v) is 15.5. The molecule has 0 bridgehead atoms. The fourth-order valence-corrected chi connectivity index (χ4v) is 7.85. The van der Waals surface area contributed by atoms with Gasteiger partial charge in [0.15, 0.2) is 4.80 Å². The van der Waals surface area contributed by atoms with E-state index >= 15 is 0 Å². The van der Waals surface area contributed by atoms with E-state index in [4.69, 9.17) is 4.74 Å². The van der Waals surface area contributed by atoms with Crippen LogP contribution in [0, 0.1) is 5.92 Å². The van der Waals surface area contributed by atoms with Gasteiger partial charge in [-0.3, -0.25) is 9.59 Å². The van der Waals surface area contributed by atoms with E-state index in [0.717, 1.165) is 44.4 Å². The van der Waals surface area contributed by atoms with Crippen molar-refractivity contribution in [1.82, 2.24) is 4.57 Å². The van der Waals surface area contributed by atoms with E-state index in [-0.39, 0.29) is 29.9 Å². The van der Waals surface area contributed by atoms with Gasteiger partial charge in [0.1, 0.15) is 5.00 Å². The lowest BCUT2D eigenvalue weighted by Crippen LogP contribution is -2.19. The second-order valence-corrected chi connectivity index (χ2v) is 12.7. The van der Waals surface area contributed by atoms with Crippen molar-refractivity contribution in [2.45, 2.75) is 39.7 Å². The number of rotatable bonds is 9. The predicted molar refractivity (Wildman–Crippen MR) is 156 cm³/mol. The van der Waals surface area contributed by atoms with Crippen molar-refractivity contribution in [3.63, 3.8) is 0 Å². The number of halogens is 1. The van der Waals surface area contributed by atoms with Gasteiger partial charge in [0.05, 0.1) is 33.9 Å². The summed E-state index contributed by atoms with van der Waals surface area (Å²) in [6, 6.07) is 5.93. The number of thiazole rings is 1. The summed E-state index contributed by atoms with van der Waals surface area (Å²) in [5, 5.41) is 3.44. The second kappa shape index (κ2) is 12.6. The summed E-state index contributed by atoms with van der Waals surface area (Å²) in [4.78, 5) is 44.0. The first-order valence-electron chi connectivity index (χ1n) is 12.0. The number of thioether (sulfide) groups is 1. The van der Waals surface area contributed by atoms with Crippen molar-refractivity contribution in [2.75, 3.05) is 23.4 Å². The third-order valence-corrected chi connectivity index (χ3v) is 9.50. The zero-order valence-electron chi connectivity index (χ0n) is 20.7. The van der Waals surface area contributed by atoms with E-state index < -0.39 is 5.97 Å². The quantitative estimate of drug-likeness (QED) is 0.240. The number of carbonyl (C=O) groups excluding carboxylic acids is 3. The van der Waals surface area contributed by atoms with Crippen molar-refractivity contribution < 1.29 is 19.1 Å². The number of anilines is 1. The summed E-state index contributed by atoms with van der Waals surface area (Å²) < 4.78 is 9.19. The number of benzene rings is 1. The van der Waals surface area contributed by atoms with Crippen LogP contribution in [0.4, 0.5) is 5.00 Å². The maximum Gasteiger partial charge on any atom is 0.341 e. The van der Waals surface area contributed by atoms with Crippen molar-refractivity contribution in [3.05, 3.63) is 56.1 Å². The van der Waals surface area contributed by atoms with E-state index in [1.54, 1.807) is 13.0 Å². The summed E-state index contributed by atoms with van der Waals surface area (Å²) in [6.07, 6.45) is 4.48. The molecule has 196 valence electrons. The maximum atomic E-state index is 12.7. The highest BCUT2D eigenvalue weighted by atomic mass is 79.9. The van der Waals surface area contributed by atoms with Gasteiger partial charge in [-0.05, 0) is 55.9 Å². The van der Waals surface area contributed by atoms with E-state index in [9.17, 15) is 14.4 Å². The molecule has 11 heteroatoms. The average molecular weight is 623 g/mol. The summed E-state index contributed by atoms with van der Waals surface area (Å²) in [6.45, 7) is 8.59. The number of fused-ring (bicyclic) bond motifs is 2. The molecule has 0 aliphatic heterocycles. The summed E-state index contributed by atoms with van der Waals surface area (Å²) in [5.74, 6) is -0.272. The van der Waals surface area contributed by atoms with Crippen molar-refractivity contribution >= 4 is 83.4 Å². The number of hydrogen-bond donors (Lipinski definition) is 1. The molecule has 1 unspecified atom stereocenters. The van der Waals surface area contributed by atoms with Gasteiger partial charge < -0.3 is 14.6 Å². The van der Waals surface area contributed by atoms with Crippen LogP contribution in [0.3, 0.4) is 0 Å². The van der Waals surface area contributed by atoms with Crippen LogP contribution in [0.25, 0.3) is 10.2 Å². The topological polar surface area (TPSA) is 89.8 Å². The van der Waals surface area contributed by atoms with Gasteiger partial charge in [0.2, 0.25) is 5.91 Å². The molecule has 2 amide bonds. The number of hydrogen-bond acceptors (Lipinski definition) is 7. The fraction of sp³-hybridized carbons (Fsp3) is 0.385. The molecule has 1 atom stereocenters. The first kappa shape index (κ1) is 27.8. The van der Waals surface area contributed by atoms with Crippen LogP contribution in [-0.2, 0) is 33.7 Å². The molecular weight excluding hydrogens is 594 g/mol. The number of aromatic nitrogens is 1. The predicted octanol–water partition coefficient (Wildman–Crippen LogP) is 5.81. The first-order chi connectivity index (χ1) is 17.8. The number of esters is 1. The summed E-state index contributed by atoms with van der Waals surface area (Å²) in [5.41, 5.74) is 2.47. The Balaban J connectivity index is 1.42. The van der Waals surface area contributed by atoms with E-state index in [2.05, 4.69) is 39.7 Å². The molecule has 4 rings (SSSR count). The Kier molecular flexibility index (Phi) is 9.44. The number of thiophene rings is 1. The number of allylic oxidation sites excluding steroid dienone is 1. The smallest absolute Gasteiger partial charge is 0.341 e.